The second-order valence-electron chi connectivity index (χ2n) is 12.5. The normalized spacial score (nSPS) is 12.7. The van der Waals surface area contributed by atoms with Gasteiger partial charge in [0, 0.05) is 12.8 Å². The SMILES string of the molecule is CCCCCC/C=C/CCCCCCCC(=O)OC[C@H](COP(=O)(O)O)OC(=O)CCCCCCC/C=C/CCCCCCCC. The van der Waals surface area contributed by atoms with Gasteiger partial charge in [-0.05, 0) is 64.2 Å². The lowest BCUT2D eigenvalue weighted by Gasteiger charge is -2.18. The summed E-state index contributed by atoms with van der Waals surface area (Å²) in [5.41, 5.74) is 0. The van der Waals surface area contributed by atoms with Crippen LogP contribution < -0.4 is 0 Å². The highest BCUT2D eigenvalue weighted by Crippen LogP contribution is 2.36. The van der Waals surface area contributed by atoms with E-state index in [4.69, 9.17) is 19.3 Å². The van der Waals surface area contributed by atoms with Gasteiger partial charge in [0.05, 0.1) is 6.61 Å². The van der Waals surface area contributed by atoms with Crippen molar-refractivity contribution in [2.75, 3.05) is 13.2 Å². The fraction of sp³-hybridized carbons (Fsp3) is 0.838. The Hall–Kier alpha value is -1.47. The molecule has 0 aliphatic carbocycles. The van der Waals surface area contributed by atoms with Crippen molar-refractivity contribution in [3.63, 3.8) is 0 Å². The van der Waals surface area contributed by atoms with E-state index >= 15 is 0 Å². The number of allylic oxidation sites excluding steroid dienone is 4. The molecule has 0 heterocycles. The number of phosphoric ester groups is 1. The minimum absolute atomic E-state index is 0.202. The van der Waals surface area contributed by atoms with Gasteiger partial charge in [0.25, 0.3) is 0 Å². The summed E-state index contributed by atoms with van der Waals surface area (Å²) >= 11 is 0. The van der Waals surface area contributed by atoms with E-state index in [2.05, 4.69) is 42.7 Å². The van der Waals surface area contributed by atoms with E-state index in [1.54, 1.807) is 0 Å². The Morgan fingerprint density at radius 3 is 1.35 bits per heavy atom. The minimum atomic E-state index is -4.75. The van der Waals surface area contributed by atoms with E-state index in [1.165, 1.54) is 77.0 Å². The van der Waals surface area contributed by atoms with Crippen molar-refractivity contribution in [3.8, 4) is 0 Å². The number of unbranched alkanes of at least 4 members (excludes halogenated alkanes) is 20. The molecule has 0 radical (unpaired) electrons. The lowest BCUT2D eigenvalue weighted by molar-refractivity contribution is -0.161. The third-order valence-corrected chi connectivity index (χ3v) is 8.43. The van der Waals surface area contributed by atoms with E-state index < -0.39 is 32.5 Å². The number of rotatable bonds is 34. The summed E-state index contributed by atoms with van der Waals surface area (Å²) in [4.78, 5) is 42.6. The molecule has 2 N–H and O–H groups in total. The molecule has 0 aromatic rings. The van der Waals surface area contributed by atoms with Gasteiger partial charge in [-0.1, -0.05) is 128 Å². The molecule has 0 rings (SSSR count). The molecule has 0 aromatic heterocycles. The molecule has 8 nitrogen and oxygen atoms in total. The fourth-order valence-corrected chi connectivity index (χ4v) is 5.49. The number of carbonyl (C=O) groups is 2. The first kappa shape index (κ1) is 44.5. The van der Waals surface area contributed by atoms with Crippen molar-refractivity contribution < 1.29 is 37.9 Å². The van der Waals surface area contributed by atoms with Gasteiger partial charge in [0.1, 0.15) is 6.61 Å². The molecule has 270 valence electrons. The Bertz CT molecular complexity index is 807. The summed E-state index contributed by atoms with van der Waals surface area (Å²) < 4.78 is 26.3. The lowest BCUT2D eigenvalue weighted by Crippen LogP contribution is -2.29. The smallest absolute Gasteiger partial charge is 0.462 e. The molecule has 9 heteroatoms. The maximum absolute atomic E-state index is 12.3. The Balaban J connectivity index is 3.99. The topological polar surface area (TPSA) is 119 Å². The highest BCUT2D eigenvalue weighted by molar-refractivity contribution is 7.46. The number of hydrogen-bond donors (Lipinski definition) is 2. The predicted octanol–water partition coefficient (Wildman–Crippen LogP) is 10.8. The van der Waals surface area contributed by atoms with Crippen LogP contribution in [-0.4, -0.2) is 41.0 Å². The predicted molar refractivity (Wildman–Crippen MR) is 189 cm³/mol. The summed E-state index contributed by atoms with van der Waals surface area (Å²) in [5.74, 6) is -0.903. The van der Waals surface area contributed by atoms with Crippen molar-refractivity contribution >= 4 is 19.8 Å². The highest BCUT2D eigenvalue weighted by atomic mass is 31.2. The second-order valence-corrected chi connectivity index (χ2v) is 13.8. The maximum Gasteiger partial charge on any atom is 0.469 e. The van der Waals surface area contributed by atoms with Crippen LogP contribution in [0, 0.1) is 0 Å². The van der Waals surface area contributed by atoms with Crippen molar-refractivity contribution in [1.29, 1.82) is 0 Å². The number of ether oxygens (including phenoxy) is 2. The average molecular weight is 673 g/mol. The molecule has 0 spiro atoms. The van der Waals surface area contributed by atoms with Crippen LogP contribution in [0.3, 0.4) is 0 Å². The van der Waals surface area contributed by atoms with Crippen molar-refractivity contribution in [3.05, 3.63) is 24.3 Å². The van der Waals surface area contributed by atoms with Gasteiger partial charge in [-0.15, -0.1) is 0 Å². The fourth-order valence-electron chi connectivity index (χ4n) is 5.13. The quantitative estimate of drug-likeness (QED) is 0.0300. The van der Waals surface area contributed by atoms with Gasteiger partial charge in [0.15, 0.2) is 6.10 Å². The molecule has 0 unspecified atom stereocenters. The van der Waals surface area contributed by atoms with Gasteiger partial charge >= 0.3 is 19.8 Å². The zero-order chi connectivity index (χ0) is 34.0. The van der Waals surface area contributed by atoms with Gasteiger partial charge in [0.2, 0.25) is 0 Å². The van der Waals surface area contributed by atoms with Gasteiger partial charge in [-0.2, -0.15) is 0 Å². The standard InChI is InChI=1S/C37H69O8P/c1-3-5-7-9-11-13-15-17-18-20-22-24-26-28-30-32-37(39)45-35(34-44-46(40,41)42)33-43-36(38)31-29-27-25-23-21-19-16-14-12-10-8-6-4-2/h14,16-18,35H,3-13,15,19-34H2,1-2H3,(H2,40,41,42)/b16-14+,18-17+/t35-/m1/s1. The Morgan fingerprint density at radius 1 is 0.543 bits per heavy atom. The summed E-state index contributed by atoms with van der Waals surface area (Å²) in [7, 11) is -4.75. The van der Waals surface area contributed by atoms with E-state index in [1.807, 2.05) is 0 Å². The summed E-state index contributed by atoms with van der Waals surface area (Å²) in [6.45, 7) is 3.64. The number of carbonyl (C=O) groups excluding carboxylic acids is 2. The monoisotopic (exact) mass is 672 g/mol. The number of phosphoric acid groups is 1. The van der Waals surface area contributed by atoms with Gasteiger partial charge in [-0.25, -0.2) is 4.57 Å². The van der Waals surface area contributed by atoms with Crippen LogP contribution in [0.25, 0.3) is 0 Å². The zero-order valence-electron chi connectivity index (χ0n) is 29.5. The number of hydrogen-bond acceptors (Lipinski definition) is 6. The molecular weight excluding hydrogens is 603 g/mol. The van der Waals surface area contributed by atoms with E-state index in [0.717, 1.165) is 64.2 Å². The lowest BCUT2D eigenvalue weighted by atomic mass is 10.1. The second kappa shape index (κ2) is 33.4. The first-order valence-corrected chi connectivity index (χ1v) is 20.2. The van der Waals surface area contributed by atoms with Crippen LogP contribution in [0.15, 0.2) is 24.3 Å². The molecule has 0 aliphatic rings. The zero-order valence-corrected chi connectivity index (χ0v) is 30.4. The molecular formula is C37H69O8P. The Kier molecular flexibility index (Phi) is 32.4. The van der Waals surface area contributed by atoms with Crippen molar-refractivity contribution in [2.45, 2.75) is 187 Å². The summed E-state index contributed by atoms with van der Waals surface area (Å²) in [5, 5.41) is 0. The van der Waals surface area contributed by atoms with Crippen LogP contribution in [-0.2, 0) is 28.2 Å². The first-order valence-electron chi connectivity index (χ1n) is 18.6. The van der Waals surface area contributed by atoms with Gasteiger partial charge < -0.3 is 19.3 Å². The van der Waals surface area contributed by atoms with E-state index in [-0.39, 0.29) is 19.4 Å². The average Bonchev–Trinajstić information content (AvgIpc) is 3.02. The molecule has 1 atom stereocenters. The van der Waals surface area contributed by atoms with Crippen molar-refractivity contribution in [2.24, 2.45) is 0 Å². The molecule has 0 amide bonds. The van der Waals surface area contributed by atoms with Gasteiger partial charge in [-0.3, -0.25) is 14.1 Å². The molecule has 0 saturated carbocycles. The van der Waals surface area contributed by atoms with Crippen LogP contribution in [0.4, 0.5) is 0 Å². The minimum Gasteiger partial charge on any atom is -0.462 e. The van der Waals surface area contributed by atoms with Crippen molar-refractivity contribution in [1.82, 2.24) is 0 Å². The molecule has 46 heavy (non-hydrogen) atoms. The van der Waals surface area contributed by atoms with E-state index in [0.29, 0.717) is 12.8 Å². The summed E-state index contributed by atoms with van der Waals surface area (Å²) in [6, 6.07) is 0. The molecule has 0 bridgehead atoms. The van der Waals surface area contributed by atoms with Crippen LogP contribution in [0.1, 0.15) is 181 Å². The number of esters is 2. The summed E-state index contributed by atoms with van der Waals surface area (Å²) in [6.07, 6.45) is 36.1. The maximum atomic E-state index is 12.3. The molecule has 0 fully saturated rings. The molecule has 0 aliphatic heterocycles. The Morgan fingerprint density at radius 2 is 0.913 bits per heavy atom. The van der Waals surface area contributed by atoms with Crippen LogP contribution >= 0.6 is 7.82 Å². The first-order chi connectivity index (χ1) is 22.3. The molecule has 0 saturated heterocycles. The van der Waals surface area contributed by atoms with Crippen LogP contribution in [0.2, 0.25) is 0 Å². The van der Waals surface area contributed by atoms with Crippen LogP contribution in [0.5, 0.6) is 0 Å². The largest absolute Gasteiger partial charge is 0.469 e. The molecule has 0 aromatic carbocycles. The third kappa shape index (κ3) is 35.4. The van der Waals surface area contributed by atoms with E-state index in [9.17, 15) is 14.2 Å². The Labute approximate surface area is 281 Å². The highest BCUT2D eigenvalue weighted by Gasteiger charge is 2.22. The third-order valence-electron chi connectivity index (χ3n) is 7.94.